The Morgan fingerprint density at radius 2 is 1.67 bits per heavy atom. The first-order chi connectivity index (χ1) is 9.54. The van der Waals surface area contributed by atoms with Gasteiger partial charge in [0.2, 0.25) is 0 Å². The summed E-state index contributed by atoms with van der Waals surface area (Å²) in [5, 5.41) is 4.90. The number of hydrogen-bond acceptors (Lipinski definition) is 2. The fourth-order valence-corrected chi connectivity index (χ4v) is 2.50. The Bertz CT molecular complexity index is 478. The molecule has 4 heteroatoms. The van der Waals surface area contributed by atoms with Gasteiger partial charge in [0.15, 0.2) is 0 Å². The standard InChI is InChI=1S/C17H27Cl2NO/c1-16(2,3)20-11-17(4,5)8-7-12-9-14(19)15(21-6)10-13(12)18/h9-10,20H,7-8,11H2,1-6H3. The Hall–Kier alpha value is -0.440. The molecule has 0 aromatic heterocycles. The Kier molecular flexibility index (Phi) is 6.39. The number of aryl methyl sites for hydroxylation is 1. The van der Waals surface area contributed by atoms with Crippen LogP contribution in [0, 0.1) is 5.41 Å². The van der Waals surface area contributed by atoms with E-state index in [0.717, 1.165) is 30.0 Å². The summed E-state index contributed by atoms with van der Waals surface area (Å²) < 4.78 is 5.18. The molecular formula is C17H27Cl2NO. The third-order valence-electron chi connectivity index (χ3n) is 3.49. The molecule has 1 N–H and O–H groups in total. The van der Waals surface area contributed by atoms with Crippen molar-refractivity contribution in [3.05, 3.63) is 27.7 Å². The topological polar surface area (TPSA) is 21.3 Å². The van der Waals surface area contributed by atoms with Crippen molar-refractivity contribution in [1.29, 1.82) is 0 Å². The number of hydrogen-bond donors (Lipinski definition) is 1. The summed E-state index contributed by atoms with van der Waals surface area (Å²) in [5.74, 6) is 0.624. The van der Waals surface area contributed by atoms with Crippen LogP contribution in [0.5, 0.6) is 5.75 Å². The van der Waals surface area contributed by atoms with Crippen molar-refractivity contribution in [2.45, 2.75) is 53.0 Å². The molecular weight excluding hydrogens is 305 g/mol. The van der Waals surface area contributed by atoms with E-state index in [1.54, 1.807) is 13.2 Å². The van der Waals surface area contributed by atoms with Crippen LogP contribution in [-0.2, 0) is 6.42 Å². The molecule has 0 aliphatic rings. The summed E-state index contributed by atoms with van der Waals surface area (Å²) in [6.07, 6.45) is 1.94. The second-order valence-corrected chi connectivity index (χ2v) is 8.16. The molecule has 120 valence electrons. The average Bonchev–Trinajstić information content (AvgIpc) is 2.36. The highest BCUT2D eigenvalue weighted by Gasteiger charge is 2.21. The van der Waals surface area contributed by atoms with Gasteiger partial charge >= 0.3 is 0 Å². The van der Waals surface area contributed by atoms with Crippen molar-refractivity contribution >= 4 is 23.2 Å². The maximum absolute atomic E-state index is 6.30. The quantitative estimate of drug-likeness (QED) is 0.758. The highest BCUT2D eigenvalue weighted by Crippen LogP contribution is 2.33. The lowest BCUT2D eigenvalue weighted by Crippen LogP contribution is -2.42. The number of rotatable bonds is 6. The molecule has 1 aromatic rings. The summed E-state index contributed by atoms with van der Waals surface area (Å²) in [4.78, 5) is 0. The van der Waals surface area contributed by atoms with Gasteiger partial charge in [-0.25, -0.2) is 0 Å². The van der Waals surface area contributed by atoms with Gasteiger partial charge < -0.3 is 10.1 Å². The van der Waals surface area contributed by atoms with Crippen LogP contribution in [0.15, 0.2) is 12.1 Å². The normalized spacial score (nSPS) is 12.6. The number of halogens is 2. The molecule has 0 fully saturated rings. The van der Waals surface area contributed by atoms with E-state index in [2.05, 4.69) is 39.9 Å². The van der Waals surface area contributed by atoms with Gasteiger partial charge in [-0.05, 0) is 50.7 Å². The molecule has 0 radical (unpaired) electrons. The van der Waals surface area contributed by atoms with Gasteiger partial charge in [0.1, 0.15) is 5.75 Å². The van der Waals surface area contributed by atoms with Crippen LogP contribution >= 0.6 is 23.2 Å². The van der Waals surface area contributed by atoms with E-state index >= 15 is 0 Å². The van der Waals surface area contributed by atoms with Gasteiger partial charge in [-0.15, -0.1) is 0 Å². The molecule has 0 saturated carbocycles. The fourth-order valence-electron chi connectivity index (χ4n) is 1.98. The first-order valence-electron chi connectivity index (χ1n) is 7.31. The molecule has 0 unspecified atom stereocenters. The maximum Gasteiger partial charge on any atom is 0.138 e. The minimum Gasteiger partial charge on any atom is -0.495 e. The van der Waals surface area contributed by atoms with Crippen LogP contribution in [0.2, 0.25) is 10.0 Å². The molecule has 0 aliphatic heterocycles. The van der Waals surface area contributed by atoms with Crippen molar-refractivity contribution in [2.24, 2.45) is 5.41 Å². The molecule has 0 atom stereocenters. The molecule has 21 heavy (non-hydrogen) atoms. The number of ether oxygens (including phenoxy) is 1. The highest BCUT2D eigenvalue weighted by molar-refractivity contribution is 6.34. The second kappa shape index (κ2) is 7.21. The van der Waals surface area contributed by atoms with Crippen LogP contribution < -0.4 is 10.1 Å². The van der Waals surface area contributed by atoms with E-state index in [0.29, 0.717) is 10.8 Å². The van der Waals surface area contributed by atoms with Gasteiger partial charge in [-0.1, -0.05) is 37.0 Å². The zero-order valence-corrected chi connectivity index (χ0v) is 15.5. The van der Waals surface area contributed by atoms with E-state index in [-0.39, 0.29) is 11.0 Å². The van der Waals surface area contributed by atoms with Gasteiger partial charge in [0, 0.05) is 23.2 Å². The lowest BCUT2D eigenvalue weighted by Gasteiger charge is -2.30. The van der Waals surface area contributed by atoms with E-state index < -0.39 is 0 Å². The molecule has 1 aromatic carbocycles. The Morgan fingerprint density at radius 3 is 2.19 bits per heavy atom. The molecule has 0 saturated heterocycles. The first-order valence-corrected chi connectivity index (χ1v) is 8.07. The van der Waals surface area contributed by atoms with Crippen LogP contribution in [0.4, 0.5) is 0 Å². The predicted octanol–water partition coefficient (Wildman–Crippen LogP) is 5.35. The minimum atomic E-state index is 0.137. The summed E-state index contributed by atoms with van der Waals surface area (Å²) >= 11 is 12.5. The molecule has 0 aliphatic carbocycles. The van der Waals surface area contributed by atoms with Gasteiger partial charge in [0.05, 0.1) is 12.1 Å². The summed E-state index contributed by atoms with van der Waals surface area (Å²) in [5.41, 5.74) is 1.41. The van der Waals surface area contributed by atoms with E-state index in [4.69, 9.17) is 27.9 Å². The smallest absolute Gasteiger partial charge is 0.138 e. The van der Waals surface area contributed by atoms with E-state index in [1.807, 2.05) is 6.07 Å². The van der Waals surface area contributed by atoms with Gasteiger partial charge in [-0.3, -0.25) is 0 Å². The lowest BCUT2D eigenvalue weighted by molar-refractivity contribution is 0.273. The van der Waals surface area contributed by atoms with Gasteiger partial charge in [-0.2, -0.15) is 0 Å². The first kappa shape index (κ1) is 18.6. The predicted molar refractivity (Wildman–Crippen MR) is 92.9 cm³/mol. The summed E-state index contributed by atoms with van der Waals surface area (Å²) in [6, 6.07) is 3.70. The van der Waals surface area contributed by atoms with E-state index in [1.165, 1.54) is 0 Å². The van der Waals surface area contributed by atoms with Crippen molar-refractivity contribution in [1.82, 2.24) is 5.32 Å². The average molecular weight is 332 g/mol. The van der Waals surface area contributed by atoms with Crippen molar-refractivity contribution in [3.8, 4) is 5.75 Å². The highest BCUT2D eigenvalue weighted by atomic mass is 35.5. The Morgan fingerprint density at radius 1 is 1.05 bits per heavy atom. The largest absolute Gasteiger partial charge is 0.495 e. The Labute approximate surface area is 139 Å². The lowest BCUT2D eigenvalue weighted by atomic mass is 9.85. The maximum atomic E-state index is 6.30. The molecule has 0 amide bonds. The molecule has 0 spiro atoms. The van der Waals surface area contributed by atoms with Crippen molar-refractivity contribution in [2.75, 3.05) is 13.7 Å². The fraction of sp³-hybridized carbons (Fsp3) is 0.647. The minimum absolute atomic E-state index is 0.137. The number of benzene rings is 1. The zero-order chi connectivity index (χ0) is 16.3. The van der Waals surface area contributed by atoms with Crippen LogP contribution in [0.25, 0.3) is 0 Å². The molecule has 0 bridgehead atoms. The number of nitrogens with one attached hydrogen (secondary N) is 1. The molecule has 0 heterocycles. The third-order valence-corrected chi connectivity index (χ3v) is 4.14. The molecule has 2 nitrogen and oxygen atoms in total. The third kappa shape index (κ3) is 6.46. The second-order valence-electron chi connectivity index (χ2n) is 7.35. The zero-order valence-electron chi connectivity index (χ0n) is 13.9. The van der Waals surface area contributed by atoms with Crippen LogP contribution in [-0.4, -0.2) is 19.2 Å². The summed E-state index contributed by atoms with van der Waals surface area (Å²) in [7, 11) is 1.60. The van der Waals surface area contributed by atoms with Crippen LogP contribution in [0.3, 0.4) is 0 Å². The van der Waals surface area contributed by atoms with Crippen LogP contribution in [0.1, 0.15) is 46.6 Å². The monoisotopic (exact) mass is 331 g/mol. The molecule has 1 rings (SSSR count). The van der Waals surface area contributed by atoms with Crippen molar-refractivity contribution < 1.29 is 4.74 Å². The SMILES string of the molecule is COc1cc(Cl)c(CCC(C)(C)CNC(C)(C)C)cc1Cl. The van der Waals surface area contributed by atoms with E-state index in [9.17, 15) is 0 Å². The Balaban J connectivity index is 2.68. The van der Waals surface area contributed by atoms with Crippen molar-refractivity contribution in [3.63, 3.8) is 0 Å². The van der Waals surface area contributed by atoms with Gasteiger partial charge in [0.25, 0.3) is 0 Å². The number of methoxy groups -OCH3 is 1. The summed E-state index contributed by atoms with van der Waals surface area (Å²) in [6.45, 7) is 12.1.